The lowest BCUT2D eigenvalue weighted by Gasteiger charge is -2.45. The number of benzene rings is 2. The summed E-state index contributed by atoms with van der Waals surface area (Å²) in [6, 6.07) is 11.8. The van der Waals surface area contributed by atoms with Gasteiger partial charge in [-0.25, -0.2) is 9.97 Å². The number of aromatic nitrogens is 4. The maximum atomic E-state index is 5.83. The second-order valence-electron chi connectivity index (χ2n) is 12.6. The highest BCUT2D eigenvalue weighted by molar-refractivity contribution is 5.96. The molecule has 0 spiro atoms. The van der Waals surface area contributed by atoms with Crippen molar-refractivity contribution in [3.05, 3.63) is 64.0 Å². The van der Waals surface area contributed by atoms with Crippen LogP contribution >= 0.6 is 0 Å². The molecule has 7 nitrogen and oxygen atoms in total. The van der Waals surface area contributed by atoms with E-state index >= 15 is 0 Å². The van der Waals surface area contributed by atoms with Crippen LogP contribution < -0.4 is 9.80 Å². The van der Waals surface area contributed by atoms with E-state index in [1.165, 1.54) is 33.6 Å². The highest BCUT2D eigenvalue weighted by Gasteiger charge is 2.36. The molecule has 2 aromatic heterocycles. The second kappa shape index (κ2) is 10.8. The normalized spacial score (nSPS) is 21.1. The monoisotopic (exact) mass is 552 g/mol. The number of nitrogens with one attached hydrogen (secondary N) is 1. The van der Waals surface area contributed by atoms with Gasteiger partial charge in [0.2, 0.25) is 0 Å². The summed E-state index contributed by atoms with van der Waals surface area (Å²) < 4.78 is 5.83. The third-order valence-electron chi connectivity index (χ3n) is 9.36. The van der Waals surface area contributed by atoms with E-state index in [0.29, 0.717) is 18.0 Å². The highest BCUT2D eigenvalue weighted by Crippen LogP contribution is 2.39. The van der Waals surface area contributed by atoms with Gasteiger partial charge in [-0.15, -0.1) is 0 Å². The van der Waals surface area contributed by atoms with Crippen molar-refractivity contribution in [2.45, 2.75) is 98.4 Å². The number of fused-ring (bicyclic) bond motifs is 2. The van der Waals surface area contributed by atoms with Gasteiger partial charge in [-0.2, -0.15) is 5.10 Å². The molecule has 41 heavy (non-hydrogen) atoms. The Hall–Kier alpha value is -3.45. The summed E-state index contributed by atoms with van der Waals surface area (Å²) in [5, 5.41) is 8.84. The quantitative estimate of drug-likeness (QED) is 0.287. The molecule has 0 amide bonds. The van der Waals surface area contributed by atoms with Crippen molar-refractivity contribution in [1.29, 1.82) is 0 Å². The van der Waals surface area contributed by atoms with Crippen molar-refractivity contribution in [3.63, 3.8) is 0 Å². The summed E-state index contributed by atoms with van der Waals surface area (Å²) in [5.41, 5.74) is 10.7. The average Bonchev–Trinajstić information content (AvgIpc) is 3.32. The number of hydrogen-bond acceptors (Lipinski definition) is 6. The van der Waals surface area contributed by atoms with Crippen LogP contribution in [0.25, 0.3) is 22.3 Å². The highest BCUT2D eigenvalue weighted by atomic mass is 16.5. The molecular formula is C34H44N6O. The first-order valence-corrected chi connectivity index (χ1v) is 15.2. The number of rotatable bonds is 5. The molecule has 4 heterocycles. The topological polar surface area (TPSA) is 70.2 Å². The van der Waals surface area contributed by atoms with Gasteiger partial charge in [0, 0.05) is 60.9 Å². The van der Waals surface area contributed by atoms with Crippen LogP contribution in [0, 0.1) is 20.8 Å². The van der Waals surface area contributed by atoms with Crippen molar-refractivity contribution >= 4 is 22.4 Å². The minimum atomic E-state index is 0.274. The third kappa shape index (κ3) is 4.88. The molecule has 0 saturated carbocycles. The fourth-order valence-electron chi connectivity index (χ4n) is 7.05. The molecule has 2 aromatic carbocycles. The standard InChI is InChI=1S/C34H44N6O/c1-19(2)25-11-9-20(3)30(17-25)39-14-13-28-27(18-39)34(40-22(5)15-26(41-8)16-23(40)6)36-33(35-28)31-21(4)10-12-29-32(31)24(7)37-38-29/h9-12,17,19,22-23,26H,13-16,18H2,1-8H3,(H,37,38)/t22-,23+,26+. The number of methoxy groups -OCH3 is 1. The Morgan fingerprint density at radius 1 is 0.976 bits per heavy atom. The van der Waals surface area contributed by atoms with Crippen molar-refractivity contribution < 1.29 is 4.74 Å². The van der Waals surface area contributed by atoms with Crippen LogP contribution in [0.1, 0.15) is 80.1 Å². The van der Waals surface area contributed by atoms with Crippen LogP contribution in [-0.2, 0) is 17.7 Å². The van der Waals surface area contributed by atoms with E-state index in [2.05, 4.69) is 98.8 Å². The minimum Gasteiger partial charge on any atom is -0.381 e. The van der Waals surface area contributed by atoms with Crippen molar-refractivity contribution in [2.24, 2.45) is 0 Å². The first kappa shape index (κ1) is 27.7. The first-order chi connectivity index (χ1) is 19.7. The summed E-state index contributed by atoms with van der Waals surface area (Å²) in [4.78, 5) is 15.9. The summed E-state index contributed by atoms with van der Waals surface area (Å²) >= 11 is 0. The SMILES string of the molecule is CO[C@H]1C[C@@H](C)N(c2nc(-c3c(C)ccc4[nH]nc(C)c34)nc3c2CN(c2cc(C(C)C)ccc2C)CC3)[C@@H](C)C1. The molecule has 0 bridgehead atoms. The number of ether oxygens (including phenoxy) is 1. The van der Waals surface area contributed by atoms with E-state index in [-0.39, 0.29) is 6.10 Å². The second-order valence-corrected chi connectivity index (χ2v) is 12.6. The number of nitrogens with zero attached hydrogens (tertiary/aromatic N) is 5. The van der Waals surface area contributed by atoms with Crippen molar-refractivity contribution in [3.8, 4) is 11.4 Å². The molecule has 216 valence electrons. The Bertz CT molecular complexity index is 1580. The largest absolute Gasteiger partial charge is 0.381 e. The maximum Gasteiger partial charge on any atom is 0.162 e. The van der Waals surface area contributed by atoms with Gasteiger partial charge in [-0.05, 0) is 82.2 Å². The summed E-state index contributed by atoms with van der Waals surface area (Å²) in [6.07, 6.45) is 3.14. The summed E-state index contributed by atoms with van der Waals surface area (Å²) in [7, 11) is 1.84. The molecule has 2 aliphatic heterocycles. The predicted octanol–water partition coefficient (Wildman–Crippen LogP) is 7.02. The molecule has 6 rings (SSSR count). The third-order valence-corrected chi connectivity index (χ3v) is 9.36. The Labute approximate surface area is 244 Å². The van der Waals surface area contributed by atoms with Gasteiger partial charge in [0.05, 0.1) is 23.0 Å². The zero-order valence-corrected chi connectivity index (χ0v) is 25.9. The molecule has 2 aliphatic rings. The summed E-state index contributed by atoms with van der Waals surface area (Å²) in [5.74, 6) is 2.39. The Morgan fingerprint density at radius 3 is 2.41 bits per heavy atom. The summed E-state index contributed by atoms with van der Waals surface area (Å²) in [6.45, 7) is 17.4. The molecule has 1 saturated heterocycles. The van der Waals surface area contributed by atoms with Crippen molar-refractivity contribution in [2.75, 3.05) is 23.5 Å². The first-order valence-electron chi connectivity index (χ1n) is 15.2. The van der Waals surface area contributed by atoms with Crippen LogP contribution in [0.5, 0.6) is 0 Å². The van der Waals surface area contributed by atoms with Crippen LogP contribution in [0.2, 0.25) is 0 Å². The number of piperidine rings is 1. The van der Waals surface area contributed by atoms with E-state index in [1.54, 1.807) is 0 Å². The fraction of sp³-hybridized carbons (Fsp3) is 0.500. The molecule has 1 N–H and O–H groups in total. The number of H-pyrrole nitrogens is 1. The van der Waals surface area contributed by atoms with Crippen LogP contribution in [0.4, 0.5) is 11.5 Å². The van der Waals surface area contributed by atoms with Gasteiger partial charge in [0.25, 0.3) is 0 Å². The molecule has 7 heteroatoms. The van der Waals surface area contributed by atoms with Crippen LogP contribution in [0.3, 0.4) is 0 Å². The molecule has 0 radical (unpaired) electrons. The number of aryl methyl sites for hydroxylation is 3. The Kier molecular flexibility index (Phi) is 7.26. The van der Waals surface area contributed by atoms with E-state index in [1.807, 2.05) is 7.11 Å². The molecule has 1 fully saturated rings. The molecule has 3 atom stereocenters. The van der Waals surface area contributed by atoms with Gasteiger partial charge in [0.15, 0.2) is 5.82 Å². The van der Waals surface area contributed by atoms with Crippen LogP contribution in [-0.4, -0.2) is 52.0 Å². The van der Waals surface area contributed by atoms with E-state index in [9.17, 15) is 0 Å². The average molecular weight is 553 g/mol. The van der Waals surface area contributed by atoms with Crippen LogP contribution in [0.15, 0.2) is 30.3 Å². The maximum absolute atomic E-state index is 5.83. The van der Waals surface area contributed by atoms with Gasteiger partial charge in [0.1, 0.15) is 5.82 Å². The lowest BCUT2D eigenvalue weighted by Crippen LogP contribution is -2.50. The number of hydrogen-bond donors (Lipinski definition) is 1. The smallest absolute Gasteiger partial charge is 0.162 e. The van der Waals surface area contributed by atoms with E-state index < -0.39 is 0 Å². The molecular weight excluding hydrogens is 508 g/mol. The van der Waals surface area contributed by atoms with E-state index in [4.69, 9.17) is 14.7 Å². The molecule has 0 unspecified atom stereocenters. The zero-order chi connectivity index (χ0) is 29.0. The minimum absolute atomic E-state index is 0.274. The zero-order valence-electron chi connectivity index (χ0n) is 25.9. The fourth-order valence-corrected chi connectivity index (χ4v) is 7.05. The van der Waals surface area contributed by atoms with E-state index in [0.717, 1.165) is 66.2 Å². The van der Waals surface area contributed by atoms with Crippen molar-refractivity contribution in [1.82, 2.24) is 20.2 Å². The molecule has 0 aliphatic carbocycles. The van der Waals surface area contributed by atoms with Gasteiger partial charge >= 0.3 is 0 Å². The lowest BCUT2D eigenvalue weighted by atomic mass is 9.93. The van der Waals surface area contributed by atoms with Gasteiger partial charge in [-0.1, -0.05) is 32.0 Å². The lowest BCUT2D eigenvalue weighted by molar-refractivity contribution is 0.0611. The number of anilines is 2. The van der Waals surface area contributed by atoms with Gasteiger partial charge in [-0.3, -0.25) is 5.10 Å². The Balaban J connectivity index is 1.51. The molecule has 4 aromatic rings. The Morgan fingerprint density at radius 2 is 1.71 bits per heavy atom. The van der Waals surface area contributed by atoms with Gasteiger partial charge < -0.3 is 14.5 Å². The predicted molar refractivity (Wildman–Crippen MR) is 168 cm³/mol. The number of aromatic amines is 1.